The van der Waals surface area contributed by atoms with Crippen molar-refractivity contribution in [3.8, 4) is 10.6 Å². The van der Waals surface area contributed by atoms with Gasteiger partial charge in [0.2, 0.25) is 0 Å². The zero-order valence-corrected chi connectivity index (χ0v) is 16.1. The Balaban J connectivity index is 1.76. The topological polar surface area (TPSA) is 42.0 Å². The molecular weight excluding hydrogens is 348 g/mol. The van der Waals surface area contributed by atoms with E-state index >= 15 is 0 Å². The van der Waals surface area contributed by atoms with Crippen molar-refractivity contribution in [3.05, 3.63) is 70.2 Å². The number of carbonyl (C=O) groups is 1. The number of aryl methyl sites for hydroxylation is 2. The van der Waals surface area contributed by atoms with Gasteiger partial charge in [-0.2, -0.15) is 0 Å². The summed E-state index contributed by atoms with van der Waals surface area (Å²) in [7, 11) is 0. The summed E-state index contributed by atoms with van der Waals surface area (Å²) in [4.78, 5) is 19.3. The van der Waals surface area contributed by atoms with E-state index in [-0.39, 0.29) is 5.91 Å². The van der Waals surface area contributed by atoms with Crippen molar-refractivity contribution in [2.45, 2.75) is 25.3 Å². The lowest BCUT2D eigenvalue weighted by Gasteiger charge is -2.07. The monoisotopic (exact) mass is 368 g/mol. The average Bonchev–Trinajstić information content (AvgIpc) is 3.00. The Kier molecular flexibility index (Phi) is 5.56. The van der Waals surface area contributed by atoms with Crippen LogP contribution in [0.2, 0.25) is 0 Å². The first-order chi connectivity index (χ1) is 12.1. The normalized spacial score (nSPS) is 10.7. The standard InChI is InChI=1S/C20H20N2OS2/c1-13-8-4-5-9-15(13)20-22-14(2)18(25-20)12-21-19(23)16-10-6-7-11-17(16)24-3/h4-11H,12H2,1-3H3,(H,21,23). The number of thioether (sulfide) groups is 1. The molecule has 0 saturated carbocycles. The lowest BCUT2D eigenvalue weighted by atomic mass is 10.1. The van der Waals surface area contributed by atoms with Gasteiger partial charge >= 0.3 is 0 Å². The predicted octanol–water partition coefficient (Wildman–Crippen LogP) is 5.08. The van der Waals surface area contributed by atoms with E-state index in [4.69, 9.17) is 0 Å². The summed E-state index contributed by atoms with van der Waals surface area (Å²) in [6.45, 7) is 4.58. The second-order valence-corrected chi connectivity index (χ2v) is 7.66. The highest BCUT2D eigenvalue weighted by Crippen LogP contribution is 2.30. The molecule has 1 heterocycles. The van der Waals surface area contributed by atoms with Crippen LogP contribution in [0.5, 0.6) is 0 Å². The first-order valence-electron chi connectivity index (χ1n) is 8.03. The summed E-state index contributed by atoms with van der Waals surface area (Å²) < 4.78 is 0. The minimum Gasteiger partial charge on any atom is -0.347 e. The quantitative estimate of drug-likeness (QED) is 0.639. The summed E-state index contributed by atoms with van der Waals surface area (Å²) in [5.74, 6) is -0.0461. The van der Waals surface area contributed by atoms with Gasteiger partial charge in [-0.1, -0.05) is 36.4 Å². The molecule has 0 saturated heterocycles. The number of aromatic nitrogens is 1. The molecule has 0 unspecified atom stereocenters. The van der Waals surface area contributed by atoms with E-state index in [1.807, 2.05) is 49.6 Å². The number of carbonyl (C=O) groups excluding carboxylic acids is 1. The smallest absolute Gasteiger partial charge is 0.252 e. The minimum absolute atomic E-state index is 0.0461. The maximum atomic E-state index is 12.5. The Bertz CT molecular complexity index is 902. The summed E-state index contributed by atoms with van der Waals surface area (Å²) in [6.07, 6.45) is 1.98. The fourth-order valence-corrected chi connectivity index (χ4v) is 4.30. The van der Waals surface area contributed by atoms with Crippen LogP contribution in [0.15, 0.2) is 53.4 Å². The third kappa shape index (κ3) is 3.94. The van der Waals surface area contributed by atoms with E-state index in [0.29, 0.717) is 6.54 Å². The van der Waals surface area contributed by atoms with Crippen molar-refractivity contribution >= 4 is 29.0 Å². The molecule has 3 rings (SSSR count). The number of nitrogens with zero attached hydrogens (tertiary/aromatic N) is 1. The van der Waals surface area contributed by atoms with Crippen LogP contribution < -0.4 is 5.32 Å². The van der Waals surface area contributed by atoms with E-state index in [1.54, 1.807) is 23.1 Å². The second kappa shape index (κ2) is 7.85. The number of rotatable bonds is 5. The van der Waals surface area contributed by atoms with Gasteiger partial charge in [0.05, 0.1) is 17.8 Å². The van der Waals surface area contributed by atoms with Crippen LogP contribution >= 0.6 is 23.1 Å². The van der Waals surface area contributed by atoms with Crippen molar-refractivity contribution in [2.75, 3.05) is 6.26 Å². The molecule has 0 aliphatic carbocycles. The van der Waals surface area contributed by atoms with Crippen LogP contribution in [0.25, 0.3) is 10.6 Å². The molecule has 3 aromatic rings. The molecule has 1 aromatic heterocycles. The molecule has 0 radical (unpaired) electrons. The largest absolute Gasteiger partial charge is 0.347 e. The van der Waals surface area contributed by atoms with Crippen LogP contribution in [0.4, 0.5) is 0 Å². The summed E-state index contributed by atoms with van der Waals surface area (Å²) >= 11 is 3.22. The van der Waals surface area contributed by atoms with Crippen molar-refractivity contribution in [1.82, 2.24) is 10.3 Å². The lowest BCUT2D eigenvalue weighted by molar-refractivity contribution is 0.0948. The molecule has 0 aliphatic heterocycles. The van der Waals surface area contributed by atoms with Gasteiger partial charge in [-0.25, -0.2) is 4.98 Å². The van der Waals surface area contributed by atoms with Gasteiger partial charge in [-0.05, 0) is 37.8 Å². The van der Waals surface area contributed by atoms with Crippen LogP contribution in [0, 0.1) is 13.8 Å². The summed E-state index contributed by atoms with van der Waals surface area (Å²) in [5, 5.41) is 4.03. The Hall–Kier alpha value is -2.11. The van der Waals surface area contributed by atoms with Crippen LogP contribution in [0.3, 0.4) is 0 Å². The number of benzene rings is 2. The van der Waals surface area contributed by atoms with Crippen molar-refractivity contribution in [3.63, 3.8) is 0 Å². The minimum atomic E-state index is -0.0461. The molecule has 5 heteroatoms. The first-order valence-corrected chi connectivity index (χ1v) is 10.1. The fourth-order valence-electron chi connectivity index (χ4n) is 2.61. The Morgan fingerprint density at radius 2 is 1.84 bits per heavy atom. The molecule has 0 bridgehead atoms. The van der Waals surface area contributed by atoms with Crippen molar-refractivity contribution in [2.24, 2.45) is 0 Å². The molecule has 2 aromatic carbocycles. The first kappa shape index (κ1) is 17.7. The van der Waals surface area contributed by atoms with Gasteiger partial charge in [0.15, 0.2) is 0 Å². The Morgan fingerprint density at radius 1 is 1.12 bits per heavy atom. The van der Waals surface area contributed by atoms with E-state index in [9.17, 15) is 4.79 Å². The maximum absolute atomic E-state index is 12.5. The molecule has 1 amide bonds. The average molecular weight is 369 g/mol. The van der Waals surface area contributed by atoms with Gasteiger partial charge in [-0.3, -0.25) is 4.79 Å². The molecule has 25 heavy (non-hydrogen) atoms. The van der Waals surface area contributed by atoms with E-state index in [0.717, 1.165) is 31.6 Å². The van der Waals surface area contributed by atoms with E-state index in [2.05, 4.69) is 29.4 Å². The number of hydrogen-bond donors (Lipinski definition) is 1. The number of nitrogens with one attached hydrogen (secondary N) is 1. The zero-order chi connectivity index (χ0) is 17.8. The van der Waals surface area contributed by atoms with Gasteiger partial charge in [0.1, 0.15) is 5.01 Å². The van der Waals surface area contributed by atoms with Crippen LogP contribution in [0.1, 0.15) is 26.5 Å². The number of thiazole rings is 1. The van der Waals surface area contributed by atoms with Crippen LogP contribution in [-0.2, 0) is 6.54 Å². The number of amides is 1. The van der Waals surface area contributed by atoms with E-state index < -0.39 is 0 Å². The maximum Gasteiger partial charge on any atom is 0.252 e. The van der Waals surface area contributed by atoms with Gasteiger partial charge in [0, 0.05) is 15.3 Å². The second-order valence-electron chi connectivity index (χ2n) is 5.73. The number of hydrogen-bond acceptors (Lipinski definition) is 4. The van der Waals surface area contributed by atoms with Gasteiger partial charge < -0.3 is 5.32 Å². The molecule has 128 valence electrons. The predicted molar refractivity (Wildman–Crippen MR) is 106 cm³/mol. The summed E-state index contributed by atoms with van der Waals surface area (Å²) in [5.41, 5.74) is 4.06. The molecule has 0 atom stereocenters. The molecule has 1 N–H and O–H groups in total. The third-order valence-corrected chi connectivity index (χ3v) is 6.02. The molecule has 0 aliphatic rings. The highest BCUT2D eigenvalue weighted by molar-refractivity contribution is 7.98. The van der Waals surface area contributed by atoms with Crippen LogP contribution in [-0.4, -0.2) is 17.1 Å². The van der Waals surface area contributed by atoms with E-state index in [1.165, 1.54) is 5.56 Å². The van der Waals surface area contributed by atoms with Gasteiger partial charge in [-0.15, -0.1) is 23.1 Å². The zero-order valence-electron chi connectivity index (χ0n) is 14.5. The van der Waals surface area contributed by atoms with Crippen molar-refractivity contribution in [1.29, 1.82) is 0 Å². The molecular formula is C20H20N2OS2. The SMILES string of the molecule is CSc1ccccc1C(=O)NCc1sc(-c2ccccc2C)nc1C. The Labute approximate surface area is 156 Å². The lowest BCUT2D eigenvalue weighted by Crippen LogP contribution is -2.23. The molecule has 0 fully saturated rings. The highest BCUT2D eigenvalue weighted by Gasteiger charge is 2.14. The highest BCUT2D eigenvalue weighted by atomic mass is 32.2. The summed E-state index contributed by atoms with van der Waals surface area (Å²) in [6, 6.07) is 15.9. The van der Waals surface area contributed by atoms with Crippen molar-refractivity contribution < 1.29 is 4.79 Å². The molecule has 0 spiro atoms. The fraction of sp³-hybridized carbons (Fsp3) is 0.200. The van der Waals surface area contributed by atoms with Gasteiger partial charge in [0.25, 0.3) is 5.91 Å². The Morgan fingerprint density at radius 3 is 2.60 bits per heavy atom. The third-order valence-electron chi connectivity index (χ3n) is 4.03. The molecule has 3 nitrogen and oxygen atoms in total.